The van der Waals surface area contributed by atoms with Crippen LogP contribution in [0.4, 0.5) is 5.69 Å². The molecular formula is C24H22N4O3. The van der Waals surface area contributed by atoms with Crippen molar-refractivity contribution in [3.8, 4) is 17.0 Å². The minimum atomic E-state index is -0.275. The highest BCUT2D eigenvalue weighted by molar-refractivity contribution is 6.13. The van der Waals surface area contributed by atoms with E-state index in [2.05, 4.69) is 10.4 Å². The van der Waals surface area contributed by atoms with Gasteiger partial charge in [-0.15, -0.1) is 0 Å². The summed E-state index contributed by atoms with van der Waals surface area (Å²) in [6.07, 6.45) is 0. The number of nitrogens with one attached hydrogen (secondary N) is 1. The molecule has 0 radical (unpaired) electrons. The van der Waals surface area contributed by atoms with Crippen LogP contribution in [0.2, 0.25) is 0 Å². The average molecular weight is 414 g/mol. The first-order valence-electron chi connectivity index (χ1n) is 9.78. The maximum atomic E-state index is 13.2. The summed E-state index contributed by atoms with van der Waals surface area (Å²) in [6, 6.07) is 16.1. The normalized spacial score (nSPS) is 10.8. The van der Waals surface area contributed by atoms with Crippen molar-refractivity contribution >= 4 is 28.4 Å². The number of ketones is 1. The highest BCUT2D eigenvalue weighted by atomic mass is 16.5. The van der Waals surface area contributed by atoms with Crippen LogP contribution >= 0.6 is 0 Å². The number of hydrogen-bond acceptors (Lipinski definition) is 5. The van der Waals surface area contributed by atoms with Gasteiger partial charge in [0.15, 0.2) is 11.4 Å². The summed E-state index contributed by atoms with van der Waals surface area (Å²) < 4.78 is 7.00. The molecule has 2 aromatic carbocycles. The largest absolute Gasteiger partial charge is 0.497 e. The zero-order valence-electron chi connectivity index (χ0n) is 17.8. The Bertz CT molecular complexity index is 1310. The summed E-state index contributed by atoms with van der Waals surface area (Å²) in [5, 5.41) is 8.07. The van der Waals surface area contributed by atoms with Gasteiger partial charge >= 0.3 is 0 Å². The van der Waals surface area contributed by atoms with Crippen molar-refractivity contribution in [1.82, 2.24) is 14.8 Å². The molecule has 0 fully saturated rings. The van der Waals surface area contributed by atoms with E-state index in [1.165, 1.54) is 6.92 Å². The Morgan fingerprint density at radius 3 is 2.48 bits per heavy atom. The van der Waals surface area contributed by atoms with Crippen LogP contribution in [0.3, 0.4) is 0 Å². The molecule has 0 saturated heterocycles. The van der Waals surface area contributed by atoms with Gasteiger partial charge in [-0.25, -0.2) is 4.98 Å². The van der Waals surface area contributed by atoms with E-state index in [0.29, 0.717) is 39.3 Å². The Morgan fingerprint density at radius 2 is 1.81 bits per heavy atom. The number of benzene rings is 2. The Labute approximate surface area is 179 Å². The number of carbonyl (C=O) groups excluding carboxylic acids is 2. The Kier molecular flexibility index (Phi) is 5.25. The lowest BCUT2D eigenvalue weighted by molar-refractivity contribution is 0.101. The van der Waals surface area contributed by atoms with Gasteiger partial charge in [0.05, 0.1) is 29.4 Å². The van der Waals surface area contributed by atoms with E-state index in [-0.39, 0.29) is 11.7 Å². The van der Waals surface area contributed by atoms with Crippen LogP contribution in [0.15, 0.2) is 54.6 Å². The van der Waals surface area contributed by atoms with E-state index < -0.39 is 0 Å². The number of aryl methyl sites for hydroxylation is 2. The zero-order chi connectivity index (χ0) is 22.1. The number of amides is 1. The summed E-state index contributed by atoms with van der Waals surface area (Å²) in [4.78, 5) is 29.5. The smallest absolute Gasteiger partial charge is 0.256 e. The molecule has 0 spiro atoms. The first kappa shape index (κ1) is 20.3. The van der Waals surface area contributed by atoms with E-state index >= 15 is 0 Å². The molecule has 0 saturated carbocycles. The molecule has 1 N–H and O–H groups in total. The second-order valence-corrected chi connectivity index (χ2v) is 7.28. The van der Waals surface area contributed by atoms with E-state index in [1.807, 2.05) is 31.2 Å². The Balaban J connectivity index is 1.79. The predicted molar refractivity (Wildman–Crippen MR) is 120 cm³/mol. The topological polar surface area (TPSA) is 86.1 Å². The molecule has 31 heavy (non-hydrogen) atoms. The summed E-state index contributed by atoms with van der Waals surface area (Å²) >= 11 is 0. The minimum Gasteiger partial charge on any atom is -0.497 e. The molecule has 1 amide bonds. The number of anilines is 1. The maximum Gasteiger partial charge on any atom is 0.256 e. The maximum absolute atomic E-state index is 13.2. The number of aromatic nitrogens is 3. The van der Waals surface area contributed by atoms with Crippen molar-refractivity contribution in [2.45, 2.75) is 13.8 Å². The molecule has 0 aliphatic rings. The van der Waals surface area contributed by atoms with Crippen LogP contribution in [0.1, 0.15) is 33.3 Å². The van der Waals surface area contributed by atoms with Gasteiger partial charge < -0.3 is 10.1 Å². The lowest BCUT2D eigenvalue weighted by Gasteiger charge is -2.10. The molecule has 7 nitrogen and oxygen atoms in total. The van der Waals surface area contributed by atoms with Crippen LogP contribution in [-0.4, -0.2) is 33.6 Å². The first-order chi connectivity index (χ1) is 14.9. The second-order valence-electron chi connectivity index (χ2n) is 7.28. The minimum absolute atomic E-state index is 0.0253. The summed E-state index contributed by atoms with van der Waals surface area (Å²) in [5.74, 6) is 0.406. The van der Waals surface area contributed by atoms with Crippen molar-refractivity contribution in [2.75, 3.05) is 12.4 Å². The Hall–Kier alpha value is -4.00. The second kappa shape index (κ2) is 8.02. The molecular weight excluding hydrogens is 392 g/mol. The zero-order valence-corrected chi connectivity index (χ0v) is 17.8. The number of pyridine rings is 1. The van der Waals surface area contributed by atoms with E-state index in [1.54, 1.807) is 49.2 Å². The van der Waals surface area contributed by atoms with Gasteiger partial charge in [-0.05, 0) is 56.3 Å². The van der Waals surface area contributed by atoms with Crippen molar-refractivity contribution < 1.29 is 14.3 Å². The fourth-order valence-corrected chi connectivity index (χ4v) is 3.54. The first-order valence-corrected chi connectivity index (χ1v) is 9.78. The van der Waals surface area contributed by atoms with Crippen LogP contribution in [0.25, 0.3) is 22.3 Å². The van der Waals surface area contributed by atoms with Gasteiger partial charge in [-0.3, -0.25) is 14.3 Å². The molecule has 2 heterocycles. The van der Waals surface area contributed by atoms with E-state index in [9.17, 15) is 9.59 Å². The fraction of sp³-hybridized carbons (Fsp3) is 0.167. The molecule has 4 rings (SSSR count). The van der Waals surface area contributed by atoms with Crippen LogP contribution in [0.5, 0.6) is 5.75 Å². The highest BCUT2D eigenvalue weighted by Gasteiger charge is 2.19. The van der Waals surface area contributed by atoms with Crippen LogP contribution < -0.4 is 10.1 Å². The van der Waals surface area contributed by atoms with Gasteiger partial charge in [-0.1, -0.05) is 12.1 Å². The van der Waals surface area contributed by atoms with Crippen LogP contribution in [0, 0.1) is 6.92 Å². The van der Waals surface area contributed by atoms with Crippen molar-refractivity contribution in [3.63, 3.8) is 0 Å². The molecule has 0 aliphatic carbocycles. The molecule has 4 aromatic rings. The quantitative estimate of drug-likeness (QED) is 0.489. The van der Waals surface area contributed by atoms with E-state index in [0.717, 1.165) is 11.3 Å². The third-order valence-corrected chi connectivity index (χ3v) is 5.13. The fourth-order valence-electron chi connectivity index (χ4n) is 3.54. The summed E-state index contributed by atoms with van der Waals surface area (Å²) in [6.45, 7) is 3.36. The molecule has 0 atom stereocenters. The Morgan fingerprint density at radius 1 is 1.06 bits per heavy atom. The van der Waals surface area contributed by atoms with Crippen molar-refractivity contribution in [3.05, 3.63) is 71.4 Å². The van der Waals surface area contributed by atoms with Crippen LogP contribution in [-0.2, 0) is 7.05 Å². The number of fused-ring (bicyclic) bond motifs is 1. The predicted octanol–water partition coefficient (Wildman–Crippen LogP) is 4.41. The number of hydrogen-bond donors (Lipinski definition) is 1. The molecule has 0 aliphatic heterocycles. The van der Waals surface area contributed by atoms with Gasteiger partial charge in [0.2, 0.25) is 0 Å². The van der Waals surface area contributed by atoms with Crippen molar-refractivity contribution in [1.29, 1.82) is 0 Å². The number of ether oxygens (including phenoxy) is 1. The van der Waals surface area contributed by atoms with Crippen molar-refractivity contribution in [2.24, 2.45) is 7.05 Å². The molecule has 0 unspecified atom stereocenters. The monoisotopic (exact) mass is 414 g/mol. The van der Waals surface area contributed by atoms with Gasteiger partial charge in [-0.2, -0.15) is 5.10 Å². The molecule has 0 bridgehead atoms. The summed E-state index contributed by atoms with van der Waals surface area (Å²) in [5.41, 5.74) is 4.49. The molecule has 7 heteroatoms. The SMILES string of the molecule is COc1cccc(-c2cc(C(=O)Nc3ccc(C(C)=O)cc3)c3c(C)nn(C)c3n2)c1. The standard InChI is InChI=1S/C24H22N4O3/c1-14-22-20(24(30)25-18-10-8-16(9-11-18)15(2)29)13-21(26-23(22)28(3)27-14)17-6-5-7-19(12-17)31-4/h5-13H,1-4H3,(H,25,30). The lowest BCUT2D eigenvalue weighted by atomic mass is 10.0. The molecule has 156 valence electrons. The van der Waals surface area contributed by atoms with Gasteiger partial charge in [0.25, 0.3) is 5.91 Å². The number of carbonyl (C=O) groups is 2. The summed E-state index contributed by atoms with van der Waals surface area (Å²) in [7, 11) is 3.41. The number of methoxy groups -OCH3 is 1. The number of rotatable bonds is 5. The number of Topliss-reactive ketones (excluding diaryl/α,β-unsaturated/α-hetero) is 1. The van der Waals surface area contributed by atoms with Gasteiger partial charge in [0.1, 0.15) is 5.75 Å². The van der Waals surface area contributed by atoms with E-state index in [4.69, 9.17) is 9.72 Å². The third-order valence-electron chi connectivity index (χ3n) is 5.13. The van der Waals surface area contributed by atoms with Gasteiger partial charge in [0, 0.05) is 23.9 Å². The highest BCUT2D eigenvalue weighted by Crippen LogP contribution is 2.29. The lowest BCUT2D eigenvalue weighted by Crippen LogP contribution is -2.13. The molecule has 2 aromatic heterocycles. The third kappa shape index (κ3) is 3.90. The number of nitrogens with zero attached hydrogens (tertiary/aromatic N) is 3. The average Bonchev–Trinajstić information content (AvgIpc) is 3.07.